The number of furan rings is 1. The smallest absolute Gasteiger partial charge is 0.235 e. The Kier molecular flexibility index (Phi) is 11.8. The highest BCUT2D eigenvalue weighted by atomic mass is 16.3. The lowest BCUT2D eigenvalue weighted by Gasteiger charge is -2.14. The van der Waals surface area contributed by atoms with Crippen molar-refractivity contribution in [2.24, 2.45) is 0 Å². The highest BCUT2D eigenvalue weighted by molar-refractivity contribution is 6.16. The number of para-hydroxylation sites is 3. The molecule has 5 heteroatoms. The molecule has 17 rings (SSSR count). The van der Waals surface area contributed by atoms with Crippen LogP contribution in [0.5, 0.6) is 0 Å². The largest absolute Gasteiger partial charge is 0.456 e. The summed E-state index contributed by atoms with van der Waals surface area (Å²) < 4.78 is 11.3. The van der Waals surface area contributed by atoms with Gasteiger partial charge in [-0.25, -0.2) is 9.97 Å². The summed E-state index contributed by atoms with van der Waals surface area (Å²) in [7, 11) is 0. The van der Waals surface area contributed by atoms with Gasteiger partial charge in [-0.05, 0) is 164 Å². The molecular formula is C82H52N4O. The van der Waals surface area contributed by atoms with Crippen LogP contribution >= 0.6 is 0 Å². The van der Waals surface area contributed by atoms with Crippen molar-refractivity contribution < 1.29 is 4.42 Å². The van der Waals surface area contributed by atoms with Gasteiger partial charge < -0.3 is 8.98 Å². The minimum atomic E-state index is 0.590. The van der Waals surface area contributed by atoms with Gasteiger partial charge in [0, 0.05) is 49.1 Å². The predicted octanol–water partition coefficient (Wildman–Crippen LogP) is 21.9. The topological polar surface area (TPSA) is 48.8 Å². The second-order valence-corrected chi connectivity index (χ2v) is 22.5. The summed E-state index contributed by atoms with van der Waals surface area (Å²) in [5.41, 5.74) is 24.6. The van der Waals surface area contributed by atoms with Gasteiger partial charge in [-0.3, -0.25) is 4.57 Å². The van der Waals surface area contributed by atoms with Crippen LogP contribution in [-0.2, 0) is 0 Å². The van der Waals surface area contributed by atoms with Gasteiger partial charge in [0.25, 0.3) is 0 Å². The summed E-state index contributed by atoms with van der Waals surface area (Å²) in [5, 5.41) is 6.82. The van der Waals surface area contributed by atoms with E-state index in [1.807, 2.05) is 0 Å². The number of rotatable bonds is 10. The van der Waals surface area contributed by atoms with Crippen LogP contribution in [0.3, 0.4) is 0 Å². The van der Waals surface area contributed by atoms with E-state index in [4.69, 9.17) is 14.4 Å². The highest BCUT2D eigenvalue weighted by Gasteiger charge is 2.21. The summed E-state index contributed by atoms with van der Waals surface area (Å²) in [6.07, 6.45) is 0. The van der Waals surface area contributed by atoms with Crippen molar-refractivity contribution in [3.8, 4) is 101 Å². The molecule has 0 amide bonds. The van der Waals surface area contributed by atoms with E-state index in [-0.39, 0.29) is 0 Å². The van der Waals surface area contributed by atoms with Gasteiger partial charge in [0.15, 0.2) is 0 Å². The van der Waals surface area contributed by atoms with Crippen LogP contribution in [0.15, 0.2) is 320 Å². The first-order valence-corrected chi connectivity index (χ1v) is 29.6. The fraction of sp³-hybridized carbons (Fsp3) is 0. The Morgan fingerprint density at radius 3 is 1.20 bits per heavy atom. The molecule has 87 heavy (non-hydrogen) atoms. The molecule has 13 aromatic carbocycles. The summed E-state index contributed by atoms with van der Waals surface area (Å²) in [6, 6.07) is 113. The minimum absolute atomic E-state index is 0.590. The van der Waals surface area contributed by atoms with Gasteiger partial charge in [-0.15, -0.1) is 0 Å². The summed E-state index contributed by atoms with van der Waals surface area (Å²) in [6.45, 7) is 0. The molecule has 0 aliphatic heterocycles. The molecule has 0 aliphatic carbocycles. The third kappa shape index (κ3) is 8.71. The van der Waals surface area contributed by atoms with E-state index in [1.54, 1.807) is 0 Å². The number of aromatic nitrogens is 4. The van der Waals surface area contributed by atoms with Crippen LogP contribution in [0.1, 0.15) is 0 Å². The summed E-state index contributed by atoms with van der Waals surface area (Å²) in [5.74, 6) is 0.590. The molecule has 0 saturated heterocycles. The average Bonchev–Trinajstić information content (AvgIpc) is 2.32. The Hall–Kier alpha value is -11.7. The maximum absolute atomic E-state index is 6.69. The van der Waals surface area contributed by atoms with E-state index in [9.17, 15) is 0 Å². The van der Waals surface area contributed by atoms with Crippen molar-refractivity contribution in [1.82, 2.24) is 19.1 Å². The van der Waals surface area contributed by atoms with E-state index >= 15 is 0 Å². The van der Waals surface area contributed by atoms with Crippen molar-refractivity contribution in [1.29, 1.82) is 0 Å². The number of hydrogen-bond acceptors (Lipinski definition) is 3. The van der Waals surface area contributed by atoms with Crippen molar-refractivity contribution >= 4 is 65.6 Å². The maximum Gasteiger partial charge on any atom is 0.235 e. The number of nitrogens with zero attached hydrogens (tertiary/aromatic N) is 4. The van der Waals surface area contributed by atoms with Crippen LogP contribution in [0.4, 0.5) is 0 Å². The average molecular weight is 1110 g/mol. The van der Waals surface area contributed by atoms with Crippen molar-refractivity contribution in [2.75, 3.05) is 0 Å². The molecule has 406 valence electrons. The van der Waals surface area contributed by atoms with Crippen LogP contribution in [0.2, 0.25) is 0 Å². The van der Waals surface area contributed by atoms with E-state index in [1.165, 1.54) is 44.1 Å². The second-order valence-electron chi connectivity index (χ2n) is 22.5. The molecule has 4 aromatic heterocycles. The van der Waals surface area contributed by atoms with Crippen LogP contribution in [0, 0.1) is 0 Å². The Labute approximate surface area is 502 Å². The molecule has 0 bridgehead atoms. The first kappa shape index (κ1) is 49.9. The molecule has 0 spiro atoms. The Bertz CT molecular complexity index is 5380. The fourth-order valence-corrected chi connectivity index (χ4v) is 13.2. The van der Waals surface area contributed by atoms with Crippen LogP contribution < -0.4 is 0 Å². The van der Waals surface area contributed by atoms with E-state index in [0.717, 1.165) is 116 Å². The van der Waals surface area contributed by atoms with Crippen LogP contribution in [0.25, 0.3) is 166 Å². The molecule has 0 radical (unpaired) electrons. The van der Waals surface area contributed by atoms with Gasteiger partial charge in [-0.2, -0.15) is 0 Å². The third-order valence-electron chi connectivity index (χ3n) is 17.3. The Morgan fingerprint density at radius 2 is 0.621 bits per heavy atom. The predicted molar refractivity (Wildman–Crippen MR) is 361 cm³/mol. The standard InChI is InChI=1S/C82H52N4O/c1-4-19-53(20-5-1)55-23-14-25-57(45-55)59-27-16-29-64(47-59)73-52-74(65-30-17-28-60(48-65)58-26-15-24-56(46-58)54-21-6-2-7-22-54)84-82(83-73)86-76-37-13-11-34-69(76)71-51-63(40-43-78(71)86)67-35-18-38-80-81(67)72-50-62(41-44-79(72)87-80)61-39-42-77-70(49-61)68-33-10-12-36-75(68)85(77)66-31-8-3-9-32-66/h1-52H. The molecule has 17 aromatic rings. The van der Waals surface area contributed by atoms with Crippen LogP contribution in [-0.4, -0.2) is 19.1 Å². The zero-order chi connectivity index (χ0) is 57.4. The van der Waals surface area contributed by atoms with Gasteiger partial charge >= 0.3 is 0 Å². The van der Waals surface area contributed by atoms with Gasteiger partial charge in [-0.1, -0.05) is 218 Å². The lowest BCUT2D eigenvalue weighted by atomic mass is 9.96. The molecule has 0 N–H and O–H groups in total. The first-order valence-electron chi connectivity index (χ1n) is 29.6. The molecule has 0 unspecified atom stereocenters. The lowest BCUT2D eigenvalue weighted by molar-refractivity contribution is 0.669. The normalized spacial score (nSPS) is 11.7. The van der Waals surface area contributed by atoms with Gasteiger partial charge in [0.05, 0.1) is 33.5 Å². The second kappa shape index (κ2) is 20.6. The van der Waals surface area contributed by atoms with E-state index in [2.05, 4.69) is 325 Å². The summed E-state index contributed by atoms with van der Waals surface area (Å²) >= 11 is 0. The molecule has 4 heterocycles. The Morgan fingerprint density at radius 1 is 0.230 bits per heavy atom. The van der Waals surface area contributed by atoms with Gasteiger partial charge in [0.1, 0.15) is 11.2 Å². The number of benzene rings is 13. The zero-order valence-electron chi connectivity index (χ0n) is 47.2. The zero-order valence-corrected chi connectivity index (χ0v) is 47.2. The summed E-state index contributed by atoms with van der Waals surface area (Å²) in [4.78, 5) is 11.1. The third-order valence-corrected chi connectivity index (χ3v) is 17.3. The fourth-order valence-electron chi connectivity index (χ4n) is 13.2. The van der Waals surface area contributed by atoms with Crippen molar-refractivity contribution in [2.45, 2.75) is 0 Å². The molecular weight excluding hydrogens is 1060 g/mol. The highest BCUT2D eigenvalue weighted by Crippen LogP contribution is 2.43. The SMILES string of the molecule is c1ccc(-c2cccc(-c3cccc(-c4cc(-c5cccc(-c6cccc(-c7ccccc7)c6)c5)nc(-n5c6ccccc6c6cc(-c7cccc8oc9ccc(-c%10ccc%11c(c%10)c%10ccccc%10n%11-c%10ccccc%10)cc9c78)ccc65)n4)c3)c2)cc1. The van der Waals surface area contributed by atoms with E-state index in [0.29, 0.717) is 5.95 Å². The molecule has 0 aliphatic rings. The first-order chi connectivity index (χ1) is 43.1. The molecule has 0 fully saturated rings. The maximum atomic E-state index is 6.69. The van der Waals surface area contributed by atoms with Crippen molar-refractivity contribution in [3.63, 3.8) is 0 Å². The molecule has 0 saturated carbocycles. The van der Waals surface area contributed by atoms with E-state index < -0.39 is 0 Å². The van der Waals surface area contributed by atoms with Crippen molar-refractivity contribution in [3.05, 3.63) is 315 Å². The number of fused-ring (bicyclic) bond motifs is 9. The monoisotopic (exact) mass is 1110 g/mol. The Balaban J connectivity index is 0.802. The molecule has 0 atom stereocenters. The number of hydrogen-bond donors (Lipinski definition) is 0. The lowest BCUT2D eigenvalue weighted by Crippen LogP contribution is -2.04. The molecule has 5 nitrogen and oxygen atoms in total. The van der Waals surface area contributed by atoms with Gasteiger partial charge in [0.2, 0.25) is 5.95 Å². The quantitative estimate of drug-likeness (QED) is 0.137. The minimum Gasteiger partial charge on any atom is -0.456 e.